The number of hydrogen-bond acceptors (Lipinski definition) is 3. The Hall–Kier alpha value is -0.610. The minimum Gasteiger partial charge on any atom is -0.340 e. The highest BCUT2D eigenvalue weighted by Crippen LogP contribution is 2.39. The predicted molar refractivity (Wildman–Crippen MR) is 84.5 cm³/mol. The first-order valence-corrected chi connectivity index (χ1v) is 8.13. The summed E-state index contributed by atoms with van der Waals surface area (Å²) in [6.07, 6.45) is 2.20. The van der Waals surface area contributed by atoms with Crippen LogP contribution in [0.2, 0.25) is 0 Å². The molecule has 4 heteroatoms. The third-order valence-corrected chi connectivity index (χ3v) is 4.34. The molecule has 0 aromatic rings. The van der Waals surface area contributed by atoms with E-state index in [-0.39, 0.29) is 5.91 Å². The lowest BCUT2D eigenvalue weighted by atomic mass is 9.95. The number of nitrogens with two attached hydrogens (primary N) is 1. The smallest absolute Gasteiger partial charge is 0.242 e. The van der Waals surface area contributed by atoms with Gasteiger partial charge < -0.3 is 15.5 Å². The van der Waals surface area contributed by atoms with Gasteiger partial charge in [-0.3, -0.25) is 4.79 Å². The third-order valence-electron chi connectivity index (χ3n) is 4.34. The Bertz CT molecular complexity index is 307. The van der Waals surface area contributed by atoms with E-state index in [9.17, 15) is 4.79 Å². The van der Waals surface area contributed by atoms with E-state index in [1.807, 2.05) is 11.8 Å². The van der Waals surface area contributed by atoms with E-state index in [2.05, 4.69) is 32.6 Å². The number of nitrogens with zero attached hydrogens (tertiary/aromatic N) is 2. The minimum atomic E-state index is -0.669. The molecule has 1 fully saturated rings. The maximum atomic E-state index is 12.8. The molecule has 0 aromatic heterocycles. The Morgan fingerprint density at radius 2 is 1.80 bits per heavy atom. The molecule has 0 heterocycles. The number of carbonyl (C=O) groups is 1. The Kier molecular flexibility index (Phi) is 6.46. The average molecular weight is 283 g/mol. The van der Waals surface area contributed by atoms with Gasteiger partial charge in [-0.25, -0.2) is 0 Å². The summed E-state index contributed by atoms with van der Waals surface area (Å²) in [5.41, 5.74) is 5.64. The molecule has 0 aliphatic heterocycles. The summed E-state index contributed by atoms with van der Waals surface area (Å²) in [6, 6.07) is 0. The van der Waals surface area contributed by atoms with Gasteiger partial charge in [-0.2, -0.15) is 0 Å². The lowest BCUT2D eigenvalue weighted by Gasteiger charge is -2.34. The molecule has 118 valence electrons. The second kappa shape index (κ2) is 7.41. The van der Waals surface area contributed by atoms with Crippen LogP contribution in [-0.4, -0.2) is 54.0 Å². The number of carbonyl (C=O) groups excluding carboxylic acids is 1. The van der Waals surface area contributed by atoms with E-state index >= 15 is 0 Å². The average Bonchev–Trinajstić information content (AvgIpc) is 3.21. The van der Waals surface area contributed by atoms with E-state index in [1.54, 1.807) is 0 Å². The molecule has 1 aliphatic carbocycles. The van der Waals surface area contributed by atoms with Crippen LogP contribution in [0.15, 0.2) is 0 Å². The van der Waals surface area contributed by atoms with Gasteiger partial charge in [-0.05, 0) is 44.7 Å². The first-order valence-electron chi connectivity index (χ1n) is 8.13. The van der Waals surface area contributed by atoms with Crippen molar-refractivity contribution in [2.24, 2.45) is 17.6 Å². The SMILES string of the molecule is CCN(CC)CCN(CC(C)C)C(=O)C(C)(N)C1CC1. The number of hydrogen-bond donors (Lipinski definition) is 1. The quantitative estimate of drug-likeness (QED) is 0.703. The molecule has 1 rings (SSSR count). The highest BCUT2D eigenvalue weighted by molar-refractivity contribution is 5.86. The van der Waals surface area contributed by atoms with Crippen LogP contribution in [0.3, 0.4) is 0 Å². The summed E-state index contributed by atoms with van der Waals surface area (Å²) in [5, 5.41) is 0. The summed E-state index contributed by atoms with van der Waals surface area (Å²) >= 11 is 0. The largest absolute Gasteiger partial charge is 0.340 e. The predicted octanol–water partition coefficient (Wildman–Crippen LogP) is 1.94. The third kappa shape index (κ3) is 4.74. The van der Waals surface area contributed by atoms with Crippen LogP contribution in [0.1, 0.15) is 47.5 Å². The zero-order chi connectivity index (χ0) is 15.3. The maximum absolute atomic E-state index is 12.8. The molecule has 0 bridgehead atoms. The van der Waals surface area contributed by atoms with Gasteiger partial charge in [0.25, 0.3) is 0 Å². The molecule has 0 radical (unpaired) electrons. The van der Waals surface area contributed by atoms with Crippen molar-refractivity contribution in [2.75, 3.05) is 32.7 Å². The molecule has 20 heavy (non-hydrogen) atoms. The lowest BCUT2D eigenvalue weighted by Crippen LogP contribution is -2.56. The minimum absolute atomic E-state index is 0.140. The van der Waals surface area contributed by atoms with E-state index in [0.717, 1.165) is 45.6 Å². The molecule has 0 aromatic carbocycles. The Morgan fingerprint density at radius 3 is 2.20 bits per heavy atom. The lowest BCUT2D eigenvalue weighted by molar-refractivity contribution is -0.138. The van der Waals surface area contributed by atoms with Gasteiger partial charge in [-0.1, -0.05) is 27.7 Å². The van der Waals surface area contributed by atoms with Crippen molar-refractivity contribution in [1.29, 1.82) is 0 Å². The Balaban J connectivity index is 2.65. The van der Waals surface area contributed by atoms with Gasteiger partial charge in [0.15, 0.2) is 0 Å². The molecule has 1 unspecified atom stereocenters. The molecule has 4 nitrogen and oxygen atoms in total. The number of rotatable bonds is 9. The molecule has 1 atom stereocenters. The summed E-state index contributed by atoms with van der Waals surface area (Å²) in [6.45, 7) is 15.1. The van der Waals surface area contributed by atoms with E-state index < -0.39 is 5.54 Å². The fourth-order valence-corrected chi connectivity index (χ4v) is 2.72. The first kappa shape index (κ1) is 17.4. The van der Waals surface area contributed by atoms with Crippen molar-refractivity contribution < 1.29 is 4.79 Å². The maximum Gasteiger partial charge on any atom is 0.242 e. The van der Waals surface area contributed by atoms with Crippen LogP contribution >= 0.6 is 0 Å². The summed E-state index contributed by atoms with van der Waals surface area (Å²) in [5.74, 6) is 1.00. The highest BCUT2D eigenvalue weighted by Gasteiger charge is 2.45. The van der Waals surface area contributed by atoms with Crippen molar-refractivity contribution in [3.05, 3.63) is 0 Å². The van der Waals surface area contributed by atoms with Crippen molar-refractivity contribution in [1.82, 2.24) is 9.80 Å². The molecular formula is C16H33N3O. The summed E-state index contributed by atoms with van der Waals surface area (Å²) in [7, 11) is 0. The standard InChI is InChI=1S/C16H33N3O/c1-6-18(7-2)10-11-19(12-13(3)4)15(20)16(5,17)14-8-9-14/h13-14H,6-12,17H2,1-5H3. The number of amides is 1. The zero-order valence-electron chi connectivity index (χ0n) is 14.0. The van der Waals surface area contributed by atoms with Crippen LogP contribution in [0.4, 0.5) is 0 Å². The molecule has 1 amide bonds. The summed E-state index contributed by atoms with van der Waals surface area (Å²) < 4.78 is 0. The van der Waals surface area contributed by atoms with Crippen molar-refractivity contribution in [3.8, 4) is 0 Å². The first-order chi connectivity index (χ1) is 9.32. The fourth-order valence-electron chi connectivity index (χ4n) is 2.72. The second-order valence-corrected chi connectivity index (χ2v) is 6.73. The molecule has 1 saturated carbocycles. The summed E-state index contributed by atoms with van der Waals surface area (Å²) in [4.78, 5) is 17.1. The van der Waals surface area contributed by atoms with Gasteiger partial charge in [-0.15, -0.1) is 0 Å². The fraction of sp³-hybridized carbons (Fsp3) is 0.938. The highest BCUT2D eigenvalue weighted by atomic mass is 16.2. The zero-order valence-corrected chi connectivity index (χ0v) is 14.0. The second-order valence-electron chi connectivity index (χ2n) is 6.73. The van der Waals surface area contributed by atoms with Crippen LogP contribution in [0.5, 0.6) is 0 Å². The van der Waals surface area contributed by atoms with Gasteiger partial charge >= 0.3 is 0 Å². The molecule has 2 N–H and O–H groups in total. The van der Waals surface area contributed by atoms with Gasteiger partial charge in [0, 0.05) is 19.6 Å². The van der Waals surface area contributed by atoms with Crippen LogP contribution in [0.25, 0.3) is 0 Å². The Morgan fingerprint density at radius 1 is 1.25 bits per heavy atom. The van der Waals surface area contributed by atoms with Crippen LogP contribution in [-0.2, 0) is 4.79 Å². The molecule has 1 aliphatic rings. The van der Waals surface area contributed by atoms with Crippen molar-refractivity contribution in [3.63, 3.8) is 0 Å². The van der Waals surface area contributed by atoms with Crippen LogP contribution < -0.4 is 5.73 Å². The van der Waals surface area contributed by atoms with Crippen molar-refractivity contribution >= 4 is 5.91 Å². The van der Waals surface area contributed by atoms with Gasteiger partial charge in [0.05, 0.1) is 5.54 Å². The normalized spacial score (nSPS) is 18.4. The van der Waals surface area contributed by atoms with Gasteiger partial charge in [0.1, 0.15) is 0 Å². The monoisotopic (exact) mass is 283 g/mol. The molecule has 0 saturated heterocycles. The van der Waals surface area contributed by atoms with Crippen LogP contribution in [0, 0.1) is 11.8 Å². The van der Waals surface area contributed by atoms with E-state index in [1.165, 1.54) is 0 Å². The van der Waals surface area contributed by atoms with E-state index in [0.29, 0.717) is 11.8 Å². The van der Waals surface area contributed by atoms with E-state index in [4.69, 9.17) is 5.73 Å². The van der Waals surface area contributed by atoms with Crippen molar-refractivity contribution in [2.45, 2.75) is 53.0 Å². The Labute approximate surface area is 124 Å². The molecule has 0 spiro atoms. The number of likely N-dealkylation sites (N-methyl/N-ethyl adjacent to an activating group) is 1. The molecular weight excluding hydrogens is 250 g/mol. The topological polar surface area (TPSA) is 49.6 Å². The van der Waals surface area contributed by atoms with Gasteiger partial charge in [0.2, 0.25) is 5.91 Å².